The Labute approximate surface area is 176 Å². The van der Waals surface area contributed by atoms with E-state index in [1.807, 2.05) is 6.07 Å². The molecule has 3 amide bonds. The molecule has 1 aromatic carbocycles. The Morgan fingerprint density at radius 3 is 2.55 bits per heavy atom. The van der Waals surface area contributed by atoms with E-state index in [1.54, 1.807) is 24.4 Å². The predicted molar refractivity (Wildman–Crippen MR) is 104 cm³/mol. The molecule has 1 aliphatic rings. The van der Waals surface area contributed by atoms with Crippen LogP contribution in [-0.2, 0) is 41.4 Å². The number of hydroxylamine groups is 2. The van der Waals surface area contributed by atoms with Gasteiger partial charge in [0.25, 0.3) is 11.8 Å². The first kappa shape index (κ1) is 22.8. The molecule has 1 saturated heterocycles. The van der Waals surface area contributed by atoms with E-state index in [0.29, 0.717) is 10.6 Å². The summed E-state index contributed by atoms with van der Waals surface area (Å²) < 4.78 is 20.2. The Bertz CT molecular complexity index is 1020. The summed E-state index contributed by atoms with van der Waals surface area (Å²) >= 11 is 0. The van der Waals surface area contributed by atoms with E-state index in [9.17, 15) is 18.9 Å². The minimum absolute atomic E-state index is 0.00274. The molecule has 0 unspecified atom stereocenters. The number of imide groups is 1. The molecule has 0 radical (unpaired) electrons. The lowest BCUT2D eigenvalue weighted by Crippen LogP contribution is -2.36. The molecule has 0 saturated carbocycles. The third kappa shape index (κ3) is 6.81. The van der Waals surface area contributed by atoms with Gasteiger partial charge in [-0.05, 0) is 29.3 Å². The fraction of sp³-hybridized carbons (Fsp3) is 0.333. The number of carbonyl (C=O) groups is 3. The van der Waals surface area contributed by atoms with Crippen molar-refractivity contribution < 1.29 is 42.8 Å². The lowest BCUT2D eigenvalue weighted by Gasteiger charge is -2.13. The number of pyridine rings is 1. The van der Waals surface area contributed by atoms with Gasteiger partial charge in [-0.1, -0.05) is 6.07 Å². The number of benzene rings is 1. The Morgan fingerprint density at radius 1 is 1.13 bits per heavy atom. The summed E-state index contributed by atoms with van der Waals surface area (Å²) in [4.78, 5) is 61.1. The maximum Gasteiger partial charge on any atom is 0.469 e. The first-order chi connectivity index (χ1) is 14.7. The van der Waals surface area contributed by atoms with Crippen molar-refractivity contribution in [3.05, 3.63) is 41.6 Å². The second-order valence-corrected chi connectivity index (χ2v) is 7.80. The third-order valence-electron chi connectivity index (χ3n) is 4.17. The van der Waals surface area contributed by atoms with E-state index in [2.05, 4.69) is 14.8 Å². The molecule has 1 aliphatic heterocycles. The number of hydrogen-bond acceptors (Lipinski definition) is 8. The topological polar surface area (TPSA) is 165 Å². The second-order valence-electron chi connectivity index (χ2n) is 6.56. The quantitative estimate of drug-likeness (QED) is 0.285. The lowest BCUT2D eigenvalue weighted by atomic mass is 10.1. The summed E-state index contributed by atoms with van der Waals surface area (Å²) in [7, 11) is -4.51. The van der Waals surface area contributed by atoms with Gasteiger partial charge in [-0.2, -0.15) is 0 Å². The highest BCUT2D eigenvalue weighted by molar-refractivity contribution is 7.46. The smallest absolute Gasteiger partial charge is 0.374 e. The molecule has 2 heterocycles. The molecule has 3 rings (SSSR count). The van der Waals surface area contributed by atoms with E-state index >= 15 is 0 Å². The van der Waals surface area contributed by atoms with Gasteiger partial charge in [-0.3, -0.25) is 19.1 Å². The molecule has 31 heavy (non-hydrogen) atoms. The fourth-order valence-electron chi connectivity index (χ4n) is 2.77. The van der Waals surface area contributed by atoms with Gasteiger partial charge in [0.1, 0.15) is 0 Å². The van der Waals surface area contributed by atoms with Gasteiger partial charge in [0, 0.05) is 31.0 Å². The lowest BCUT2D eigenvalue weighted by molar-refractivity contribution is -0.171. The van der Waals surface area contributed by atoms with Gasteiger partial charge in [0.15, 0.2) is 0 Å². The van der Waals surface area contributed by atoms with Gasteiger partial charge in [-0.25, -0.2) is 9.36 Å². The van der Waals surface area contributed by atoms with Crippen LogP contribution in [-0.4, -0.2) is 51.0 Å². The standard InChI is InChI=1S/C18H20N3O9P/c22-16-3-4-17(23)21(16)30-18(24)20-9-12-1-2-15-14(7-12)8-13(10-19-15)11-28-5-6-29-31(25,26)27/h1-2,7-8,10H,3-6,9,11H2,(H,20,24)(H2,25,26,27). The number of phosphoric acid groups is 1. The number of carbonyl (C=O) groups excluding carboxylic acids is 3. The maximum absolute atomic E-state index is 11.8. The zero-order chi connectivity index (χ0) is 22.4. The van der Waals surface area contributed by atoms with Crippen LogP contribution in [0, 0.1) is 0 Å². The number of ether oxygens (including phenoxy) is 1. The average Bonchev–Trinajstić information content (AvgIpc) is 3.03. The first-order valence-electron chi connectivity index (χ1n) is 9.18. The highest BCUT2D eigenvalue weighted by Gasteiger charge is 2.32. The summed E-state index contributed by atoms with van der Waals surface area (Å²) in [5.41, 5.74) is 2.19. The molecular weight excluding hydrogens is 433 g/mol. The molecule has 1 fully saturated rings. The first-order valence-corrected chi connectivity index (χ1v) is 10.7. The molecular formula is C18H20N3O9P. The van der Waals surface area contributed by atoms with Crippen LogP contribution in [0.25, 0.3) is 10.9 Å². The number of fused-ring (bicyclic) bond motifs is 1. The Morgan fingerprint density at radius 2 is 1.84 bits per heavy atom. The van der Waals surface area contributed by atoms with Gasteiger partial charge < -0.3 is 24.7 Å². The van der Waals surface area contributed by atoms with E-state index in [4.69, 9.17) is 19.4 Å². The van der Waals surface area contributed by atoms with E-state index < -0.39 is 25.7 Å². The van der Waals surface area contributed by atoms with E-state index in [0.717, 1.165) is 16.5 Å². The maximum atomic E-state index is 11.8. The Kier molecular flexibility index (Phi) is 7.31. The van der Waals surface area contributed by atoms with Gasteiger partial charge in [0.05, 0.1) is 25.3 Å². The number of hydrogen-bond donors (Lipinski definition) is 3. The number of nitrogens with zero attached hydrogens (tertiary/aromatic N) is 2. The number of phosphoric ester groups is 1. The van der Waals surface area contributed by atoms with Crippen molar-refractivity contribution in [2.45, 2.75) is 26.0 Å². The largest absolute Gasteiger partial charge is 0.469 e. The van der Waals surface area contributed by atoms with Crippen molar-refractivity contribution >= 4 is 36.6 Å². The Hall–Kier alpha value is -2.89. The zero-order valence-electron chi connectivity index (χ0n) is 16.2. The summed E-state index contributed by atoms with van der Waals surface area (Å²) in [6.07, 6.45) is 0.742. The highest BCUT2D eigenvalue weighted by atomic mass is 31.2. The summed E-state index contributed by atoms with van der Waals surface area (Å²) in [5, 5.41) is 3.73. The third-order valence-corrected chi connectivity index (χ3v) is 4.69. The molecule has 13 heteroatoms. The molecule has 3 N–H and O–H groups in total. The van der Waals surface area contributed by atoms with Crippen LogP contribution in [0.3, 0.4) is 0 Å². The number of aromatic nitrogens is 1. The predicted octanol–water partition coefficient (Wildman–Crippen LogP) is 1.15. The van der Waals surface area contributed by atoms with Crippen LogP contribution in [0.2, 0.25) is 0 Å². The molecule has 0 aliphatic carbocycles. The molecule has 1 aromatic heterocycles. The molecule has 0 atom stereocenters. The number of amides is 3. The molecule has 12 nitrogen and oxygen atoms in total. The van der Waals surface area contributed by atoms with Crippen molar-refractivity contribution in [2.24, 2.45) is 0 Å². The monoisotopic (exact) mass is 453 g/mol. The number of nitrogens with one attached hydrogen (secondary N) is 1. The molecule has 166 valence electrons. The van der Waals surface area contributed by atoms with Gasteiger partial charge in [0.2, 0.25) is 0 Å². The minimum atomic E-state index is -4.51. The highest BCUT2D eigenvalue weighted by Crippen LogP contribution is 2.35. The second kappa shape index (κ2) is 9.94. The SMILES string of the molecule is O=C(NCc1ccc2ncc(COCCOP(=O)(O)O)cc2c1)ON1C(=O)CCC1=O. The van der Waals surface area contributed by atoms with Crippen molar-refractivity contribution in [3.8, 4) is 0 Å². The van der Waals surface area contributed by atoms with Crippen LogP contribution < -0.4 is 5.32 Å². The Balaban J connectivity index is 1.52. The van der Waals surface area contributed by atoms with E-state index in [1.165, 1.54) is 0 Å². The van der Waals surface area contributed by atoms with E-state index in [-0.39, 0.29) is 39.2 Å². The van der Waals surface area contributed by atoms with Crippen LogP contribution >= 0.6 is 7.82 Å². The fourth-order valence-corrected chi connectivity index (χ4v) is 3.08. The van der Waals surface area contributed by atoms with Crippen molar-refractivity contribution in [3.63, 3.8) is 0 Å². The molecule has 2 aromatic rings. The van der Waals surface area contributed by atoms with Crippen molar-refractivity contribution in [1.82, 2.24) is 15.4 Å². The average molecular weight is 453 g/mol. The minimum Gasteiger partial charge on any atom is -0.374 e. The normalized spacial score (nSPS) is 14.3. The van der Waals surface area contributed by atoms with Crippen molar-refractivity contribution in [1.29, 1.82) is 0 Å². The van der Waals surface area contributed by atoms with Crippen LogP contribution in [0.15, 0.2) is 30.5 Å². The van der Waals surface area contributed by atoms with Crippen LogP contribution in [0.1, 0.15) is 24.0 Å². The zero-order valence-corrected chi connectivity index (χ0v) is 17.1. The van der Waals surface area contributed by atoms with Gasteiger partial charge >= 0.3 is 13.9 Å². The van der Waals surface area contributed by atoms with Crippen LogP contribution in [0.5, 0.6) is 0 Å². The van der Waals surface area contributed by atoms with Gasteiger partial charge in [-0.15, -0.1) is 5.06 Å². The molecule has 0 spiro atoms. The number of rotatable bonds is 9. The summed E-state index contributed by atoms with van der Waals surface area (Å²) in [5.74, 6) is -1.11. The molecule has 0 bridgehead atoms. The van der Waals surface area contributed by atoms with Crippen LogP contribution in [0.4, 0.5) is 4.79 Å². The summed E-state index contributed by atoms with van der Waals surface area (Å²) in [6.45, 7) is 0.0225. The van der Waals surface area contributed by atoms with Crippen molar-refractivity contribution in [2.75, 3.05) is 13.2 Å². The summed E-state index contributed by atoms with van der Waals surface area (Å²) in [6, 6.07) is 7.16.